The number of likely N-dealkylation sites (tertiary alicyclic amines) is 1. The van der Waals surface area contributed by atoms with Crippen molar-refractivity contribution in [2.75, 3.05) is 13.1 Å². The van der Waals surface area contributed by atoms with Crippen LogP contribution in [0.1, 0.15) is 39.7 Å². The molecule has 160 valence electrons. The Hall–Kier alpha value is -1.64. The first-order valence-electron chi connectivity index (χ1n) is 9.54. The zero-order chi connectivity index (χ0) is 21.8. The normalized spacial score (nSPS) is 15.9. The molecule has 1 aliphatic heterocycles. The Bertz CT molecular complexity index is 1150. The predicted molar refractivity (Wildman–Crippen MR) is 119 cm³/mol. The smallest absolute Gasteiger partial charge is 0.410 e. The van der Waals surface area contributed by atoms with Gasteiger partial charge in [0.2, 0.25) is 0 Å². The van der Waals surface area contributed by atoms with Crippen LogP contribution in [0.2, 0.25) is 10.2 Å². The van der Waals surface area contributed by atoms with Crippen molar-refractivity contribution in [2.45, 2.75) is 45.3 Å². The van der Waals surface area contributed by atoms with Gasteiger partial charge in [-0.15, -0.1) is 0 Å². The Kier molecular flexibility index (Phi) is 5.61. The number of fused-ring (bicyclic) bond motifs is 3. The summed E-state index contributed by atoms with van der Waals surface area (Å²) in [6.07, 6.45) is 2.69. The van der Waals surface area contributed by atoms with E-state index in [0.717, 1.165) is 0 Å². The molecule has 4 rings (SSSR count). The van der Waals surface area contributed by atoms with Crippen LogP contribution in [0.4, 0.5) is 9.18 Å². The van der Waals surface area contributed by atoms with Gasteiger partial charge in [0.25, 0.3) is 0 Å². The number of rotatable bonds is 1. The molecule has 3 heterocycles. The molecule has 0 atom stereocenters. The number of piperidine rings is 1. The Morgan fingerprint density at radius 2 is 1.93 bits per heavy atom. The highest BCUT2D eigenvalue weighted by molar-refractivity contribution is 9.10. The summed E-state index contributed by atoms with van der Waals surface area (Å²) < 4.78 is 22.2. The van der Waals surface area contributed by atoms with Gasteiger partial charge >= 0.3 is 6.09 Å². The molecular weight excluding hydrogens is 498 g/mol. The maximum Gasteiger partial charge on any atom is 0.410 e. The molecule has 6 nitrogen and oxygen atoms in total. The topological polar surface area (TPSA) is 60.2 Å². The molecule has 3 aromatic rings. The molecule has 1 saturated heterocycles. The second-order valence-corrected chi connectivity index (χ2v) is 9.89. The Labute approximate surface area is 191 Å². The van der Waals surface area contributed by atoms with E-state index < -0.39 is 11.4 Å². The number of carbonyl (C=O) groups is 1. The molecule has 1 aliphatic rings. The molecule has 1 aromatic carbocycles. The fourth-order valence-electron chi connectivity index (χ4n) is 3.71. The zero-order valence-electron chi connectivity index (χ0n) is 16.7. The Balaban J connectivity index is 1.69. The Morgan fingerprint density at radius 3 is 2.57 bits per heavy atom. The van der Waals surface area contributed by atoms with Gasteiger partial charge in [-0.25, -0.2) is 14.2 Å². The van der Waals surface area contributed by atoms with Crippen LogP contribution in [0.15, 0.2) is 16.7 Å². The highest BCUT2D eigenvalue weighted by Crippen LogP contribution is 2.38. The first-order chi connectivity index (χ1) is 14.1. The van der Waals surface area contributed by atoms with E-state index in [2.05, 4.69) is 26.0 Å². The number of aromatic nitrogens is 3. The summed E-state index contributed by atoms with van der Waals surface area (Å²) >= 11 is 15.7. The molecule has 0 bridgehead atoms. The van der Waals surface area contributed by atoms with Crippen LogP contribution in [-0.2, 0) is 4.74 Å². The van der Waals surface area contributed by atoms with Crippen LogP contribution in [0.5, 0.6) is 0 Å². The van der Waals surface area contributed by atoms with E-state index in [-0.39, 0.29) is 32.3 Å². The van der Waals surface area contributed by atoms with Gasteiger partial charge in [-0.1, -0.05) is 23.2 Å². The largest absolute Gasteiger partial charge is 0.444 e. The molecule has 0 unspecified atom stereocenters. The number of pyridine rings is 1. The third-order valence-corrected chi connectivity index (χ3v) is 6.67. The van der Waals surface area contributed by atoms with Crippen LogP contribution >= 0.6 is 39.1 Å². The van der Waals surface area contributed by atoms with Crippen molar-refractivity contribution in [3.63, 3.8) is 0 Å². The van der Waals surface area contributed by atoms with Crippen LogP contribution in [0, 0.1) is 5.82 Å². The summed E-state index contributed by atoms with van der Waals surface area (Å²) in [6, 6.07) is 1.69. The molecule has 2 aromatic heterocycles. The summed E-state index contributed by atoms with van der Waals surface area (Å²) in [7, 11) is 0. The third-order valence-electron chi connectivity index (χ3n) is 5.08. The summed E-state index contributed by atoms with van der Waals surface area (Å²) in [4.78, 5) is 18.3. The van der Waals surface area contributed by atoms with Gasteiger partial charge in [0, 0.05) is 18.5 Å². The quantitative estimate of drug-likeness (QED) is 0.278. The van der Waals surface area contributed by atoms with E-state index in [9.17, 15) is 9.18 Å². The average Bonchev–Trinajstić information content (AvgIpc) is 3.12. The van der Waals surface area contributed by atoms with Crippen molar-refractivity contribution in [1.29, 1.82) is 0 Å². The molecule has 30 heavy (non-hydrogen) atoms. The number of hydrogen-bond acceptors (Lipinski definition) is 4. The lowest BCUT2D eigenvalue weighted by Gasteiger charge is -2.33. The maximum atomic E-state index is 14.8. The standard InChI is InChI=1S/C20H20BrCl2FN4O2/c1-20(2,3)30-19(29)27-6-4-10(5-7-27)28-17-11-8-13(22)14(21)15(24)16(11)26-18(23)12(17)9-25-28/h8-10H,4-7H2,1-3H3. The van der Waals surface area contributed by atoms with Gasteiger partial charge in [0.1, 0.15) is 16.3 Å². The number of amides is 1. The second-order valence-electron chi connectivity index (χ2n) is 8.34. The molecule has 0 aliphatic carbocycles. The number of hydrogen-bond donors (Lipinski definition) is 0. The van der Waals surface area contributed by atoms with E-state index in [1.807, 2.05) is 25.5 Å². The lowest BCUT2D eigenvalue weighted by Crippen LogP contribution is -2.42. The molecule has 0 radical (unpaired) electrons. The van der Waals surface area contributed by atoms with E-state index in [4.69, 9.17) is 27.9 Å². The Morgan fingerprint density at radius 1 is 1.27 bits per heavy atom. The van der Waals surface area contributed by atoms with Gasteiger partial charge in [0.15, 0.2) is 5.82 Å². The molecule has 0 saturated carbocycles. The second kappa shape index (κ2) is 7.80. The van der Waals surface area contributed by atoms with E-state index >= 15 is 0 Å². The van der Waals surface area contributed by atoms with E-state index in [1.165, 1.54) is 0 Å². The fourth-order valence-corrected chi connectivity index (χ4v) is 4.43. The lowest BCUT2D eigenvalue weighted by molar-refractivity contribution is 0.0186. The first kappa shape index (κ1) is 21.6. The highest BCUT2D eigenvalue weighted by atomic mass is 79.9. The van der Waals surface area contributed by atoms with E-state index in [1.54, 1.807) is 17.2 Å². The fraction of sp³-hybridized carbons (Fsp3) is 0.450. The van der Waals surface area contributed by atoms with Gasteiger partial charge in [0.05, 0.1) is 32.6 Å². The molecule has 1 amide bonds. The number of carbonyl (C=O) groups excluding carboxylic acids is 1. The van der Waals surface area contributed by atoms with Crippen LogP contribution in [0.3, 0.4) is 0 Å². The summed E-state index contributed by atoms with van der Waals surface area (Å²) in [6.45, 7) is 6.62. The third kappa shape index (κ3) is 3.85. The minimum atomic E-state index is -0.561. The van der Waals surface area contributed by atoms with Crippen molar-refractivity contribution >= 4 is 67.0 Å². The molecular formula is C20H20BrCl2FN4O2. The predicted octanol–water partition coefficient (Wildman–Crippen LogP) is 6.36. The van der Waals surface area contributed by atoms with Crippen molar-refractivity contribution in [1.82, 2.24) is 19.7 Å². The summed E-state index contributed by atoms with van der Waals surface area (Å²) in [5.74, 6) is -0.561. The molecule has 1 fully saturated rings. The summed E-state index contributed by atoms with van der Waals surface area (Å²) in [5.41, 5.74) is 0.289. The number of nitrogens with zero attached hydrogens (tertiary/aromatic N) is 4. The SMILES string of the molecule is CC(C)(C)OC(=O)N1CCC(n2ncc3c(Cl)nc4c(F)c(Br)c(Cl)cc4c32)CC1. The van der Waals surface area contributed by atoms with Crippen molar-refractivity contribution in [3.8, 4) is 0 Å². The van der Waals surface area contributed by atoms with E-state index in [0.29, 0.717) is 42.2 Å². The number of benzene rings is 1. The molecule has 0 N–H and O–H groups in total. The van der Waals surface area contributed by atoms with Crippen LogP contribution in [-0.4, -0.2) is 44.4 Å². The zero-order valence-corrected chi connectivity index (χ0v) is 19.8. The minimum Gasteiger partial charge on any atom is -0.444 e. The molecule has 10 heteroatoms. The summed E-state index contributed by atoms with van der Waals surface area (Å²) in [5, 5.41) is 6.14. The van der Waals surface area contributed by atoms with Crippen molar-refractivity contribution in [2.24, 2.45) is 0 Å². The van der Waals surface area contributed by atoms with Gasteiger partial charge in [-0.2, -0.15) is 5.10 Å². The first-order valence-corrected chi connectivity index (χ1v) is 11.1. The van der Waals surface area contributed by atoms with Gasteiger partial charge < -0.3 is 9.64 Å². The monoisotopic (exact) mass is 516 g/mol. The maximum absolute atomic E-state index is 14.8. The number of ether oxygens (including phenoxy) is 1. The van der Waals surface area contributed by atoms with Crippen molar-refractivity contribution < 1.29 is 13.9 Å². The average molecular weight is 518 g/mol. The highest BCUT2D eigenvalue weighted by Gasteiger charge is 2.29. The minimum absolute atomic E-state index is 0.0216. The van der Waals surface area contributed by atoms with Gasteiger partial charge in [-0.3, -0.25) is 4.68 Å². The van der Waals surface area contributed by atoms with Gasteiger partial charge in [-0.05, 0) is 55.6 Å². The number of halogens is 4. The van der Waals surface area contributed by atoms with Crippen LogP contribution in [0.25, 0.3) is 21.8 Å². The van der Waals surface area contributed by atoms with Crippen LogP contribution < -0.4 is 0 Å². The van der Waals surface area contributed by atoms with Crippen molar-refractivity contribution in [3.05, 3.63) is 32.7 Å². The molecule has 0 spiro atoms. The lowest BCUT2D eigenvalue weighted by atomic mass is 10.0.